The molecule has 0 amide bonds. The fraction of sp³-hybridized carbons (Fsp3) is 0.455. The van der Waals surface area contributed by atoms with E-state index in [1.54, 1.807) is 6.07 Å². The van der Waals surface area contributed by atoms with Crippen LogP contribution in [0.2, 0.25) is 5.02 Å². The molecule has 18 heavy (non-hydrogen) atoms. The van der Waals surface area contributed by atoms with E-state index < -0.39 is 10.0 Å². The van der Waals surface area contributed by atoms with Gasteiger partial charge in [-0.05, 0) is 53.6 Å². The van der Waals surface area contributed by atoms with Gasteiger partial charge in [0.1, 0.15) is 0 Å². The van der Waals surface area contributed by atoms with Gasteiger partial charge in [-0.25, -0.2) is 13.1 Å². The summed E-state index contributed by atoms with van der Waals surface area (Å²) in [5, 5.41) is 3.48. The Balaban J connectivity index is 2.77. The third-order valence-corrected chi connectivity index (χ3v) is 5.01. The summed E-state index contributed by atoms with van der Waals surface area (Å²) in [4.78, 5) is 0.204. The van der Waals surface area contributed by atoms with Crippen LogP contribution in [0.3, 0.4) is 0 Å². The molecule has 2 N–H and O–H groups in total. The fourth-order valence-corrected chi connectivity index (χ4v) is 3.24. The van der Waals surface area contributed by atoms with Crippen molar-refractivity contribution in [3.05, 3.63) is 27.7 Å². The van der Waals surface area contributed by atoms with Crippen LogP contribution in [0.1, 0.15) is 6.92 Å². The van der Waals surface area contributed by atoms with Gasteiger partial charge >= 0.3 is 0 Å². The second-order valence-corrected chi connectivity index (χ2v) is 7.12. The molecule has 0 fully saturated rings. The Morgan fingerprint density at radius 2 is 2.06 bits per heavy atom. The minimum absolute atomic E-state index is 0.204. The van der Waals surface area contributed by atoms with Crippen LogP contribution in [0.4, 0.5) is 0 Å². The maximum Gasteiger partial charge on any atom is 0.240 e. The Bertz CT molecular complexity index is 508. The Hall–Kier alpha value is -0.140. The van der Waals surface area contributed by atoms with Gasteiger partial charge in [-0.1, -0.05) is 18.5 Å². The number of hydrogen-bond donors (Lipinski definition) is 2. The molecule has 102 valence electrons. The van der Waals surface area contributed by atoms with Crippen molar-refractivity contribution in [2.24, 2.45) is 5.92 Å². The molecule has 1 aromatic rings. The zero-order valence-electron chi connectivity index (χ0n) is 10.2. The van der Waals surface area contributed by atoms with Crippen molar-refractivity contribution in [1.82, 2.24) is 10.0 Å². The van der Waals surface area contributed by atoms with Crippen LogP contribution >= 0.6 is 27.5 Å². The van der Waals surface area contributed by atoms with Gasteiger partial charge in [0.05, 0.1) is 9.92 Å². The molecule has 0 saturated heterocycles. The van der Waals surface area contributed by atoms with Crippen LogP contribution in [0.25, 0.3) is 0 Å². The molecule has 0 bridgehead atoms. The summed E-state index contributed by atoms with van der Waals surface area (Å²) < 4.78 is 27.2. The highest BCUT2D eigenvalue weighted by molar-refractivity contribution is 9.10. The molecule has 1 atom stereocenters. The Labute approximate surface area is 121 Å². The van der Waals surface area contributed by atoms with Crippen LogP contribution in [0.5, 0.6) is 0 Å². The van der Waals surface area contributed by atoms with Crippen LogP contribution in [-0.4, -0.2) is 28.6 Å². The van der Waals surface area contributed by atoms with E-state index in [2.05, 4.69) is 26.0 Å². The van der Waals surface area contributed by atoms with Crippen molar-refractivity contribution in [3.8, 4) is 0 Å². The number of hydrogen-bond acceptors (Lipinski definition) is 3. The van der Waals surface area contributed by atoms with E-state index in [4.69, 9.17) is 11.6 Å². The molecule has 1 unspecified atom stereocenters. The van der Waals surface area contributed by atoms with E-state index in [1.165, 1.54) is 12.1 Å². The highest BCUT2D eigenvalue weighted by atomic mass is 79.9. The first-order chi connectivity index (χ1) is 8.36. The fourth-order valence-electron chi connectivity index (χ4n) is 1.40. The number of benzene rings is 1. The third kappa shape index (κ3) is 4.51. The van der Waals surface area contributed by atoms with Crippen LogP contribution in [0.15, 0.2) is 27.6 Å². The first-order valence-electron chi connectivity index (χ1n) is 5.46. The summed E-state index contributed by atoms with van der Waals surface area (Å²) in [5.74, 6) is 0.223. The van der Waals surface area contributed by atoms with Crippen LogP contribution in [-0.2, 0) is 10.0 Å². The Morgan fingerprint density at radius 3 is 2.61 bits per heavy atom. The SMILES string of the molecule is CNCC(C)CNS(=O)(=O)c1ccc(Cl)c(Br)c1. The normalized spacial score (nSPS) is 13.6. The van der Waals surface area contributed by atoms with Crippen LogP contribution < -0.4 is 10.0 Å². The highest BCUT2D eigenvalue weighted by Gasteiger charge is 2.16. The molecular weight excluding hydrogens is 340 g/mol. The van der Waals surface area contributed by atoms with E-state index in [0.29, 0.717) is 16.0 Å². The Morgan fingerprint density at radius 1 is 1.39 bits per heavy atom. The first kappa shape index (κ1) is 15.9. The molecule has 0 aliphatic carbocycles. The average molecular weight is 356 g/mol. The van der Waals surface area contributed by atoms with E-state index in [0.717, 1.165) is 6.54 Å². The number of nitrogens with one attached hydrogen (secondary N) is 2. The molecule has 4 nitrogen and oxygen atoms in total. The molecule has 1 rings (SSSR count). The monoisotopic (exact) mass is 354 g/mol. The molecular formula is C11H16BrClN2O2S. The molecule has 0 aliphatic heterocycles. The minimum Gasteiger partial charge on any atom is -0.319 e. The third-order valence-electron chi connectivity index (χ3n) is 2.38. The predicted molar refractivity (Wildman–Crippen MR) is 77.4 cm³/mol. The largest absolute Gasteiger partial charge is 0.319 e. The molecule has 0 spiro atoms. The van der Waals surface area contributed by atoms with Crippen molar-refractivity contribution in [2.75, 3.05) is 20.1 Å². The molecule has 7 heteroatoms. The second kappa shape index (κ2) is 6.86. The summed E-state index contributed by atoms with van der Waals surface area (Å²) in [5.41, 5.74) is 0. The van der Waals surface area contributed by atoms with Crippen molar-refractivity contribution in [2.45, 2.75) is 11.8 Å². The maximum absolute atomic E-state index is 12.0. The zero-order valence-corrected chi connectivity index (χ0v) is 13.4. The summed E-state index contributed by atoms with van der Waals surface area (Å²) in [6.45, 7) is 3.12. The van der Waals surface area contributed by atoms with Crippen molar-refractivity contribution < 1.29 is 8.42 Å². The van der Waals surface area contributed by atoms with Crippen LogP contribution in [0, 0.1) is 5.92 Å². The van der Waals surface area contributed by atoms with Crippen molar-refractivity contribution in [3.63, 3.8) is 0 Å². The van der Waals surface area contributed by atoms with Gasteiger partial charge in [0.2, 0.25) is 10.0 Å². The number of sulfonamides is 1. The van der Waals surface area contributed by atoms with E-state index in [1.807, 2.05) is 14.0 Å². The molecule has 1 aromatic carbocycles. The molecule has 0 aromatic heterocycles. The summed E-state index contributed by atoms with van der Waals surface area (Å²) in [6.07, 6.45) is 0. The maximum atomic E-state index is 12.0. The van der Waals surface area contributed by atoms with Gasteiger partial charge in [0.25, 0.3) is 0 Å². The zero-order chi connectivity index (χ0) is 13.8. The standard InChI is InChI=1S/C11H16BrClN2O2S/c1-8(6-14-2)7-15-18(16,17)9-3-4-11(13)10(12)5-9/h3-5,8,14-15H,6-7H2,1-2H3. The summed E-state index contributed by atoms with van der Waals surface area (Å²) in [7, 11) is -1.64. The topological polar surface area (TPSA) is 58.2 Å². The molecule has 0 saturated carbocycles. The highest BCUT2D eigenvalue weighted by Crippen LogP contribution is 2.25. The lowest BCUT2D eigenvalue weighted by molar-refractivity contribution is 0.519. The Kier molecular flexibility index (Phi) is 6.07. The van der Waals surface area contributed by atoms with Gasteiger partial charge in [-0.3, -0.25) is 0 Å². The van der Waals surface area contributed by atoms with Crippen molar-refractivity contribution >= 4 is 37.6 Å². The first-order valence-corrected chi connectivity index (χ1v) is 8.11. The summed E-state index contributed by atoms with van der Waals surface area (Å²) in [6, 6.07) is 4.53. The van der Waals surface area contributed by atoms with Gasteiger partial charge in [-0.15, -0.1) is 0 Å². The van der Waals surface area contributed by atoms with Gasteiger partial charge < -0.3 is 5.32 Å². The minimum atomic E-state index is -3.48. The summed E-state index contributed by atoms with van der Waals surface area (Å²) >= 11 is 9.04. The average Bonchev–Trinajstić information content (AvgIpc) is 2.30. The van der Waals surface area contributed by atoms with E-state index in [-0.39, 0.29) is 10.8 Å². The van der Waals surface area contributed by atoms with Gasteiger partial charge in [0, 0.05) is 11.0 Å². The lowest BCUT2D eigenvalue weighted by Crippen LogP contribution is -2.32. The molecule has 0 radical (unpaired) electrons. The second-order valence-electron chi connectivity index (χ2n) is 4.09. The van der Waals surface area contributed by atoms with Crippen molar-refractivity contribution in [1.29, 1.82) is 0 Å². The smallest absolute Gasteiger partial charge is 0.240 e. The van der Waals surface area contributed by atoms with E-state index in [9.17, 15) is 8.42 Å². The molecule has 0 aliphatic rings. The van der Waals surface area contributed by atoms with Gasteiger partial charge in [0.15, 0.2) is 0 Å². The number of halogens is 2. The number of rotatable bonds is 6. The quantitative estimate of drug-likeness (QED) is 0.823. The lowest BCUT2D eigenvalue weighted by Gasteiger charge is -2.12. The lowest BCUT2D eigenvalue weighted by atomic mass is 10.2. The van der Waals surface area contributed by atoms with E-state index >= 15 is 0 Å². The van der Waals surface area contributed by atoms with Gasteiger partial charge in [-0.2, -0.15) is 0 Å². The molecule has 0 heterocycles. The predicted octanol–water partition coefficient (Wildman–Crippen LogP) is 2.24.